The Balaban J connectivity index is 1.53. The standard InChI is InChI=1S/C22H19BrN2O3S/c23-19-14-16(6-11-20(19)28-13-12-15-4-2-1-3-5-15)21(27)25-22(29)24-17-7-9-18(26)10-8-17/h1-11,14,26H,12-13H2,(H2,24,25,27,29). The number of aromatic hydroxyl groups is 1. The maximum absolute atomic E-state index is 12.4. The zero-order valence-corrected chi connectivity index (χ0v) is 17.8. The number of anilines is 1. The number of benzene rings is 3. The van der Waals surface area contributed by atoms with Gasteiger partial charge in [0.2, 0.25) is 0 Å². The van der Waals surface area contributed by atoms with Crippen molar-refractivity contribution in [3.05, 3.63) is 88.4 Å². The van der Waals surface area contributed by atoms with Crippen LogP contribution in [0.2, 0.25) is 0 Å². The zero-order valence-electron chi connectivity index (χ0n) is 15.4. The summed E-state index contributed by atoms with van der Waals surface area (Å²) in [5, 5.41) is 15.0. The summed E-state index contributed by atoms with van der Waals surface area (Å²) in [4.78, 5) is 12.4. The van der Waals surface area contributed by atoms with Gasteiger partial charge in [0, 0.05) is 17.7 Å². The van der Waals surface area contributed by atoms with Crippen molar-refractivity contribution in [2.24, 2.45) is 0 Å². The average molecular weight is 471 g/mol. The van der Waals surface area contributed by atoms with Gasteiger partial charge in [0.05, 0.1) is 11.1 Å². The van der Waals surface area contributed by atoms with Gasteiger partial charge in [-0.25, -0.2) is 0 Å². The van der Waals surface area contributed by atoms with Crippen molar-refractivity contribution in [1.82, 2.24) is 5.32 Å². The summed E-state index contributed by atoms with van der Waals surface area (Å²) in [6.45, 7) is 0.537. The van der Waals surface area contributed by atoms with Crippen LogP contribution in [0, 0.1) is 0 Å². The minimum absolute atomic E-state index is 0.154. The summed E-state index contributed by atoms with van der Waals surface area (Å²) in [6.07, 6.45) is 0.798. The Hall–Kier alpha value is -2.90. The molecule has 0 bridgehead atoms. The van der Waals surface area contributed by atoms with Crippen LogP contribution in [0.5, 0.6) is 11.5 Å². The number of carbonyl (C=O) groups excluding carboxylic acids is 1. The third kappa shape index (κ3) is 6.30. The Morgan fingerprint density at radius 3 is 2.45 bits per heavy atom. The topological polar surface area (TPSA) is 70.6 Å². The molecule has 0 aliphatic heterocycles. The van der Waals surface area contributed by atoms with Crippen molar-refractivity contribution in [3.63, 3.8) is 0 Å². The fraction of sp³-hybridized carbons (Fsp3) is 0.0909. The molecule has 5 nitrogen and oxygen atoms in total. The normalized spacial score (nSPS) is 10.2. The van der Waals surface area contributed by atoms with Gasteiger partial charge in [-0.1, -0.05) is 30.3 Å². The molecular weight excluding hydrogens is 452 g/mol. The highest BCUT2D eigenvalue weighted by Gasteiger charge is 2.11. The van der Waals surface area contributed by atoms with Crippen LogP contribution in [-0.4, -0.2) is 22.7 Å². The van der Waals surface area contributed by atoms with Crippen LogP contribution in [0.3, 0.4) is 0 Å². The summed E-state index contributed by atoms with van der Waals surface area (Å²) in [5.74, 6) is 0.488. The second-order valence-corrected chi connectivity index (χ2v) is 7.45. The second kappa shape index (κ2) is 10.0. The van der Waals surface area contributed by atoms with Gasteiger partial charge in [0.25, 0.3) is 5.91 Å². The molecule has 3 aromatic rings. The van der Waals surface area contributed by atoms with Crippen molar-refractivity contribution in [1.29, 1.82) is 0 Å². The molecule has 0 aromatic heterocycles. The van der Waals surface area contributed by atoms with E-state index in [1.165, 1.54) is 17.7 Å². The number of halogens is 1. The first-order valence-corrected chi connectivity index (χ1v) is 10.1. The molecule has 0 saturated heterocycles. The van der Waals surface area contributed by atoms with E-state index < -0.39 is 0 Å². The Morgan fingerprint density at radius 2 is 1.76 bits per heavy atom. The number of hydrogen-bond acceptors (Lipinski definition) is 4. The molecule has 0 atom stereocenters. The van der Waals surface area contributed by atoms with Gasteiger partial charge in [-0.05, 0) is 76.2 Å². The first kappa shape index (κ1) is 20.8. The summed E-state index contributed by atoms with van der Waals surface area (Å²) in [6, 6.07) is 21.6. The Bertz CT molecular complexity index is 995. The molecule has 0 spiro atoms. The van der Waals surface area contributed by atoms with Crippen molar-refractivity contribution < 1.29 is 14.6 Å². The third-order valence-corrected chi connectivity index (χ3v) is 4.86. The summed E-state index contributed by atoms with van der Waals surface area (Å²) in [5.41, 5.74) is 2.31. The van der Waals surface area contributed by atoms with Crippen molar-refractivity contribution >= 4 is 44.9 Å². The highest BCUT2D eigenvalue weighted by molar-refractivity contribution is 9.10. The number of phenols is 1. The van der Waals surface area contributed by atoms with E-state index in [9.17, 15) is 9.90 Å². The highest BCUT2D eigenvalue weighted by Crippen LogP contribution is 2.26. The predicted octanol–water partition coefficient (Wildman–Crippen LogP) is 4.90. The van der Waals surface area contributed by atoms with Crippen molar-refractivity contribution in [3.8, 4) is 11.5 Å². The molecular formula is C22H19BrN2O3S. The van der Waals surface area contributed by atoms with Gasteiger partial charge in [-0.3, -0.25) is 10.1 Å². The number of thiocarbonyl (C=S) groups is 1. The van der Waals surface area contributed by atoms with Crippen LogP contribution in [0.1, 0.15) is 15.9 Å². The van der Waals surface area contributed by atoms with Gasteiger partial charge >= 0.3 is 0 Å². The quantitative estimate of drug-likeness (QED) is 0.352. The average Bonchev–Trinajstić information content (AvgIpc) is 2.71. The lowest BCUT2D eigenvalue weighted by Crippen LogP contribution is -2.34. The summed E-state index contributed by atoms with van der Waals surface area (Å²) >= 11 is 8.62. The number of ether oxygens (including phenoxy) is 1. The van der Waals surface area contributed by atoms with E-state index in [1.807, 2.05) is 18.2 Å². The summed E-state index contributed by atoms with van der Waals surface area (Å²) in [7, 11) is 0. The third-order valence-electron chi connectivity index (χ3n) is 4.04. The highest BCUT2D eigenvalue weighted by atomic mass is 79.9. The van der Waals surface area contributed by atoms with E-state index >= 15 is 0 Å². The van der Waals surface area contributed by atoms with Crippen LogP contribution < -0.4 is 15.4 Å². The van der Waals surface area contributed by atoms with Crippen molar-refractivity contribution in [2.45, 2.75) is 6.42 Å². The van der Waals surface area contributed by atoms with E-state index in [2.05, 4.69) is 38.7 Å². The van der Waals surface area contributed by atoms with Gasteiger partial charge in [0.15, 0.2) is 5.11 Å². The van der Waals surface area contributed by atoms with E-state index in [4.69, 9.17) is 17.0 Å². The number of nitrogens with one attached hydrogen (secondary N) is 2. The van der Waals surface area contributed by atoms with Crippen LogP contribution in [-0.2, 0) is 6.42 Å². The molecule has 3 rings (SSSR count). The number of rotatable bonds is 6. The molecule has 0 unspecified atom stereocenters. The second-order valence-electron chi connectivity index (χ2n) is 6.18. The molecule has 0 fully saturated rings. The fourth-order valence-corrected chi connectivity index (χ4v) is 3.27. The Kier molecular flexibility index (Phi) is 7.21. The SMILES string of the molecule is O=C(NC(=S)Nc1ccc(O)cc1)c1ccc(OCCc2ccccc2)c(Br)c1. The molecule has 3 N–H and O–H groups in total. The molecule has 0 heterocycles. The first-order valence-electron chi connectivity index (χ1n) is 8.89. The van der Waals surface area contributed by atoms with Crippen LogP contribution in [0.4, 0.5) is 5.69 Å². The number of amides is 1. The monoisotopic (exact) mass is 470 g/mol. The maximum Gasteiger partial charge on any atom is 0.257 e. The van der Waals surface area contributed by atoms with Crippen molar-refractivity contribution in [2.75, 3.05) is 11.9 Å². The number of phenolic OH excluding ortho intramolecular Hbond substituents is 1. The maximum atomic E-state index is 12.4. The molecule has 0 radical (unpaired) electrons. The molecule has 7 heteroatoms. The smallest absolute Gasteiger partial charge is 0.257 e. The predicted molar refractivity (Wildman–Crippen MR) is 122 cm³/mol. The van der Waals surface area contributed by atoms with Gasteiger partial charge < -0.3 is 15.2 Å². The van der Waals surface area contributed by atoms with Crippen LogP contribution in [0.25, 0.3) is 0 Å². The molecule has 0 saturated carbocycles. The number of carbonyl (C=O) groups is 1. The lowest BCUT2D eigenvalue weighted by atomic mass is 10.2. The Morgan fingerprint density at radius 1 is 1.03 bits per heavy atom. The van der Waals surface area contributed by atoms with Gasteiger partial charge in [0.1, 0.15) is 11.5 Å². The molecule has 3 aromatic carbocycles. The van der Waals surface area contributed by atoms with Gasteiger partial charge in [-0.15, -0.1) is 0 Å². The first-order chi connectivity index (χ1) is 14.0. The Labute approximate surface area is 182 Å². The molecule has 1 amide bonds. The molecule has 0 aliphatic carbocycles. The minimum Gasteiger partial charge on any atom is -0.508 e. The molecule has 148 valence electrons. The van der Waals surface area contributed by atoms with E-state index in [1.54, 1.807) is 30.3 Å². The van der Waals surface area contributed by atoms with E-state index in [-0.39, 0.29) is 16.8 Å². The zero-order chi connectivity index (χ0) is 20.6. The number of hydrogen-bond donors (Lipinski definition) is 3. The lowest BCUT2D eigenvalue weighted by Gasteiger charge is -2.12. The summed E-state index contributed by atoms with van der Waals surface area (Å²) < 4.78 is 6.50. The van der Waals surface area contributed by atoms with Crippen LogP contribution in [0.15, 0.2) is 77.3 Å². The lowest BCUT2D eigenvalue weighted by molar-refractivity contribution is 0.0977. The van der Waals surface area contributed by atoms with Gasteiger partial charge in [-0.2, -0.15) is 0 Å². The van der Waals surface area contributed by atoms with Crippen LogP contribution >= 0.6 is 28.1 Å². The fourth-order valence-electron chi connectivity index (χ4n) is 2.57. The largest absolute Gasteiger partial charge is 0.508 e. The van der Waals surface area contributed by atoms with E-state index in [0.717, 1.165) is 6.42 Å². The minimum atomic E-state index is -0.335. The van der Waals surface area contributed by atoms with E-state index in [0.29, 0.717) is 28.1 Å². The molecule has 29 heavy (non-hydrogen) atoms. The molecule has 0 aliphatic rings.